The molecule has 5 heterocycles. The van der Waals surface area contributed by atoms with E-state index in [1.165, 1.54) is 0 Å². The van der Waals surface area contributed by atoms with Gasteiger partial charge >= 0.3 is 0 Å². The number of fused-ring (bicyclic) bond motifs is 2. The number of benzene rings is 1. The van der Waals surface area contributed by atoms with E-state index in [1.54, 1.807) is 6.20 Å². The van der Waals surface area contributed by atoms with Gasteiger partial charge in [-0.15, -0.1) is 5.10 Å². The summed E-state index contributed by atoms with van der Waals surface area (Å²) in [5.74, 6) is 1.28. The van der Waals surface area contributed by atoms with Crippen LogP contribution in [0.2, 0.25) is 0 Å². The van der Waals surface area contributed by atoms with Crippen LogP contribution < -0.4 is 9.64 Å². The molecule has 0 aliphatic carbocycles. The molecule has 0 saturated carbocycles. The first-order valence-electron chi connectivity index (χ1n) is 11.6. The van der Waals surface area contributed by atoms with Gasteiger partial charge in [0.25, 0.3) is 0 Å². The molecule has 1 unspecified atom stereocenters. The van der Waals surface area contributed by atoms with Gasteiger partial charge in [-0.2, -0.15) is 4.98 Å². The van der Waals surface area contributed by atoms with E-state index in [2.05, 4.69) is 16.0 Å². The van der Waals surface area contributed by atoms with Crippen molar-refractivity contribution in [3.05, 3.63) is 66.1 Å². The van der Waals surface area contributed by atoms with Crippen molar-refractivity contribution in [2.45, 2.75) is 44.9 Å². The molecule has 0 N–H and O–H groups in total. The molecule has 2 aliphatic heterocycles. The van der Waals surface area contributed by atoms with Crippen molar-refractivity contribution in [3.8, 4) is 5.88 Å². The van der Waals surface area contributed by atoms with E-state index in [4.69, 9.17) is 24.5 Å². The first-order valence-corrected chi connectivity index (χ1v) is 11.6. The molecule has 8 nitrogen and oxygen atoms in total. The lowest BCUT2D eigenvalue weighted by Gasteiger charge is -2.28. The molecule has 4 aromatic rings. The third kappa shape index (κ3) is 3.91. The molecule has 1 fully saturated rings. The van der Waals surface area contributed by atoms with Crippen LogP contribution in [-0.4, -0.2) is 37.9 Å². The maximum absolute atomic E-state index is 6.07. The van der Waals surface area contributed by atoms with Crippen molar-refractivity contribution in [2.24, 2.45) is 0 Å². The zero-order valence-corrected chi connectivity index (χ0v) is 18.4. The zero-order valence-electron chi connectivity index (χ0n) is 18.4. The fraction of sp³-hybridized carbons (Fsp3) is 0.360. The second-order valence-corrected chi connectivity index (χ2v) is 8.47. The minimum absolute atomic E-state index is 0.146. The minimum Gasteiger partial charge on any atom is -0.472 e. The molecule has 6 rings (SSSR count). The molecule has 3 aromatic heterocycles. The van der Waals surface area contributed by atoms with Gasteiger partial charge in [-0.25, -0.2) is 9.67 Å². The second kappa shape index (κ2) is 8.78. The molecular weight excluding hydrogens is 416 g/mol. The normalized spacial score (nSPS) is 18.3. The summed E-state index contributed by atoms with van der Waals surface area (Å²) >= 11 is 0. The number of aryl methyl sites for hydroxylation is 1. The van der Waals surface area contributed by atoms with E-state index < -0.39 is 0 Å². The highest BCUT2D eigenvalue weighted by molar-refractivity contribution is 5.87. The summed E-state index contributed by atoms with van der Waals surface area (Å²) in [5, 5.41) is 5.00. The van der Waals surface area contributed by atoms with Gasteiger partial charge in [0.15, 0.2) is 23.2 Å². The van der Waals surface area contributed by atoms with E-state index in [-0.39, 0.29) is 6.23 Å². The van der Waals surface area contributed by atoms with Gasteiger partial charge in [0.1, 0.15) is 6.61 Å². The molecule has 1 saturated heterocycles. The van der Waals surface area contributed by atoms with Gasteiger partial charge in [0, 0.05) is 19.3 Å². The van der Waals surface area contributed by atoms with Crippen molar-refractivity contribution in [2.75, 3.05) is 18.1 Å². The van der Waals surface area contributed by atoms with E-state index in [9.17, 15) is 0 Å². The highest BCUT2D eigenvalue weighted by atomic mass is 16.5. The Morgan fingerprint density at radius 2 is 1.97 bits per heavy atom. The number of ether oxygens (including phenoxy) is 2. The first kappa shape index (κ1) is 20.1. The Bertz CT molecular complexity index is 1250. The Hall–Kier alpha value is -3.52. The lowest BCUT2D eigenvalue weighted by molar-refractivity contribution is -0.0369. The summed E-state index contributed by atoms with van der Waals surface area (Å²) in [6.07, 6.45) is 8.48. The second-order valence-electron chi connectivity index (χ2n) is 8.47. The SMILES string of the molecule is c1ccc(COc2cnc3c(N4CCCc5ncccc54)nn(C4CCCCO4)c3n2)cc1. The van der Waals surface area contributed by atoms with Crippen molar-refractivity contribution in [1.82, 2.24) is 24.7 Å². The topological polar surface area (TPSA) is 78.2 Å². The summed E-state index contributed by atoms with van der Waals surface area (Å²) in [6, 6.07) is 14.1. The maximum Gasteiger partial charge on any atom is 0.234 e. The van der Waals surface area contributed by atoms with Gasteiger partial charge in [-0.05, 0) is 49.8 Å². The van der Waals surface area contributed by atoms with Crippen LogP contribution in [-0.2, 0) is 17.8 Å². The van der Waals surface area contributed by atoms with Crippen LogP contribution in [0.3, 0.4) is 0 Å². The molecule has 33 heavy (non-hydrogen) atoms. The van der Waals surface area contributed by atoms with E-state index in [1.807, 2.05) is 47.3 Å². The monoisotopic (exact) mass is 442 g/mol. The highest BCUT2D eigenvalue weighted by Crippen LogP contribution is 2.37. The molecule has 0 bridgehead atoms. The van der Waals surface area contributed by atoms with Crippen molar-refractivity contribution >= 4 is 22.7 Å². The molecule has 2 aliphatic rings. The van der Waals surface area contributed by atoms with E-state index in [0.29, 0.717) is 18.1 Å². The van der Waals surface area contributed by atoms with Gasteiger partial charge in [-0.1, -0.05) is 30.3 Å². The Morgan fingerprint density at radius 3 is 2.85 bits per heavy atom. The number of rotatable bonds is 5. The van der Waals surface area contributed by atoms with Gasteiger partial charge in [0.05, 0.1) is 17.6 Å². The predicted molar refractivity (Wildman–Crippen MR) is 125 cm³/mol. The van der Waals surface area contributed by atoms with Crippen LogP contribution in [0.4, 0.5) is 11.5 Å². The molecule has 0 spiro atoms. The van der Waals surface area contributed by atoms with Gasteiger partial charge in [0.2, 0.25) is 5.88 Å². The molecule has 1 atom stereocenters. The van der Waals surface area contributed by atoms with Crippen LogP contribution in [0, 0.1) is 0 Å². The number of hydrogen-bond donors (Lipinski definition) is 0. The summed E-state index contributed by atoms with van der Waals surface area (Å²) in [7, 11) is 0. The number of aromatic nitrogens is 5. The summed E-state index contributed by atoms with van der Waals surface area (Å²) in [6.45, 7) is 2.03. The molecular formula is C25H26N6O2. The molecule has 0 radical (unpaired) electrons. The van der Waals surface area contributed by atoms with Gasteiger partial charge in [-0.3, -0.25) is 4.98 Å². The third-order valence-electron chi connectivity index (χ3n) is 6.23. The lowest BCUT2D eigenvalue weighted by Crippen LogP contribution is -2.26. The van der Waals surface area contributed by atoms with Crippen molar-refractivity contribution in [1.29, 1.82) is 0 Å². The first-order chi connectivity index (χ1) is 16.4. The van der Waals surface area contributed by atoms with Crippen LogP contribution >= 0.6 is 0 Å². The summed E-state index contributed by atoms with van der Waals surface area (Å²) in [4.78, 5) is 16.4. The van der Waals surface area contributed by atoms with Crippen LogP contribution in [0.25, 0.3) is 11.2 Å². The van der Waals surface area contributed by atoms with Crippen LogP contribution in [0.15, 0.2) is 54.9 Å². The number of hydrogen-bond acceptors (Lipinski definition) is 7. The fourth-order valence-corrected chi connectivity index (χ4v) is 4.59. The molecule has 8 heteroatoms. The van der Waals surface area contributed by atoms with Crippen LogP contribution in [0.5, 0.6) is 5.88 Å². The predicted octanol–water partition coefficient (Wildman–Crippen LogP) is 4.58. The van der Waals surface area contributed by atoms with Crippen molar-refractivity contribution < 1.29 is 9.47 Å². The smallest absolute Gasteiger partial charge is 0.234 e. The van der Waals surface area contributed by atoms with E-state index in [0.717, 1.165) is 73.5 Å². The Morgan fingerprint density at radius 1 is 1.03 bits per heavy atom. The quantitative estimate of drug-likeness (QED) is 0.447. The standard InChI is InChI=1S/C25H26N6O2/c1-2-8-18(9-3-1)17-33-21-16-27-23-24(28-21)31(22-12-4-5-15-32-22)29-25(23)30-14-7-10-19-20(30)11-6-13-26-19/h1-3,6,8-9,11,13,16,22H,4-5,7,10,12,14-15,17H2. The Balaban J connectivity index is 1.40. The Labute approximate surface area is 192 Å². The minimum atomic E-state index is -0.146. The largest absolute Gasteiger partial charge is 0.472 e. The van der Waals surface area contributed by atoms with Gasteiger partial charge < -0.3 is 14.4 Å². The average Bonchev–Trinajstić information content (AvgIpc) is 3.27. The average molecular weight is 443 g/mol. The summed E-state index contributed by atoms with van der Waals surface area (Å²) in [5.41, 5.74) is 4.72. The number of nitrogens with zero attached hydrogens (tertiary/aromatic N) is 6. The summed E-state index contributed by atoms with van der Waals surface area (Å²) < 4.78 is 13.9. The fourth-order valence-electron chi connectivity index (χ4n) is 4.59. The van der Waals surface area contributed by atoms with Crippen molar-refractivity contribution in [3.63, 3.8) is 0 Å². The lowest BCUT2D eigenvalue weighted by atomic mass is 10.1. The third-order valence-corrected chi connectivity index (χ3v) is 6.23. The number of anilines is 2. The highest BCUT2D eigenvalue weighted by Gasteiger charge is 2.28. The molecule has 168 valence electrons. The Kier molecular flexibility index (Phi) is 5.35. The van der Waals surface area contributed by atoms with E-state index >= 15 is 0 Å². The van der Waals surface area contributed by atoms with Crippen LogP contribution in [0.1, 0.15) is 43.2 Å². The maximum atomic E-state index is 6.07. The molecule has 1 aromatic carbocycles. The zero-order chi connectivity index (χ0) is 22.0. The number of pyridine rings is 1. The molecule has 0 amide bonds.